The van der Waals surface area contributed by atoms with Crippen molar-refractivity contribution in [3.8, 4) is 5.75 Å². The second kappa shape index (κ2) is 10.9. The Bertz CT molecular complexity index is 987. The monoisotopic (exact) mass is 490 g/mol. The molecule has 0 amide bonds. The topological polar surface area (TPSA) is 42.0 Å². The Balaban J connectivity index is 1.27. The fourth-order valence-electron chi connectivity index (χ4n) is 6.81. The number of benzene rings is 2. The molecule has 5 nitrogen and oxygen atoms in total. The molecule has 3 fully saturated rings. The minimum atomic E-state index is -0.742. The number of fused-ring (bicyclic) bond motifs is 1. The molecule has 2 aliphatic heterocycles. The molecule has 2 aromatic carbocycles. The number of carbonyl (C=O) groups is 1. The number of carbonyl (C=O) groups excluding carboxylic acids is 1. The van der Waals surface area contributed by atoms with Crippen molar-refractivity contribution in [3.63, 3.8) is 0 Å². The van der Waals surface area contributed by atoms with Crippen molar-refractivity contribution in [3.05, 3.63) is 66.2 Å². The van der Waals surface area contributed by atoms with E-state index in [9.17, 15) is 4.79 Å². The summed E-state index contributed by atoms with van der Waals surface area (Å²) in [6, 6.07) is 20.3. The standard InChI is InChI=1S/C31H42N2O3/c1-3-27-28-18-22-32(19-13-23-35-26-16-9-5-10-17-26)24-31(27,28)36-29(34)30(2,25-14-7-4-8-15-25)33-20-11-6-12-21-33/h4-5,7-10,14-17,27-28H,3,6,11-13,18-24H2,1-2H3. The second-order valence-corrected chi connectivity index (χ2v) is 11.0. The Kier molecular flexibility index (Phi) is 7.68. The first-order chi connectivity index (χ1) is 17.6. The van der Waals surface area contributed by atoms with E-state index in [0.29, 0.717) is 18.4 Å². The first kappa shape index (κ1) is 25.3. The molecule has 194 valence electrons. The largest absolute Gasteiger partial charge is 0.494 e. The van der Waals surface area contributed by atoms with Crippen LogP contribution < -0.4 is 4.74 Å². The summed E-state index contributed by atoms with van der Waals surface area (Å²) in [5.74, 6) is 1.82. The van der Waals surface area contributed by atoms with Crippen molar-refractivity contribution in [1.29, 1.82) is 0 Å². The molecule has 5 rings (SSSR count). The smallest absolute Gasteiger partial charge is 0.331 e. The number of para-hydroxylation sites is 1. The molecule has 4 unspecified atom stereocenters. The normalized spacial score (nSPS) is 28.1. The zero-order valence-corrected chi connectivity index (χ0v) is 22.0. The highest BCUT2D eigenvalue weighted by atomic mass is 16.6. The predicted octanol–water partition coefficient (Wildman–Crippen LogP) is 5.50. The zero-order valence-electron chi connectivity index (χ0n) is 22.0. The van der Waals surface area contributed by atoms with E-state index in [2.05, 4.69) is 35.8 Å². The summed E-state index contributed by atoms with van der Waals surface area (Å²) < 4.78 is 12.6. The first-order valence-corrected chi connectivity index (χ1v) is 14.0. The maximum absolute atomic E-state index is 14.1. The first-order valence-electron chi connectivity index (χ1n) is 14.0. The van der Waals surface area contributed by atoms with Gasteiger partial charge in [0.05, 0.1) is 6.61 Å². The van der Waals surface area contributed by atoms with Gasteiger partial charge in [-0.1, -0.05) is 61.9 Å². The van der Waals surface area contributed by atoms with E-state index in [-0.39, 0.29) is 11.6 Å². The number of nitrogens with zero attached hydrogens (tertiary/aromatic N) is 2. The average Bonchev–Trinajstić information content (AvgIpc) is 3.57. The predicted molar refractivity (Wildman–Crippen MR) is 143 cm³/mol. The molecule has 2 heterocycles. The van der Waals surface area contributed by atoms with Gasteiger partial charge in [0.25, 0.3) is 0 Å². The van der Waals surface area contributed by atoms with Crippen molar-refractivity contribution in [2.75, 3.05) is 39.3 Å². The number of hydrogen-bond acceptors (Lipinski definition) is 5. The Morgan fingerprint density at radius 3 is 2.39 bits per heavy atom. The maximum atomic E-state index is 14.1. The maximum Gasteiger partial charge on any atom is 0.331 e. The second-order valence-electron chi connectivity index (χ2n) is 11.0. The molecule has 0 radical (unpaired) electrons. The number of ether oxygens (including phenoxy) is 2. The molecule has 36 heavy (non-hydrogen) atoms. The van der Waals surface area contributed by atoms with Crippen LogP contribution in [0.1, 0.15) is 57.9 Å². The molecule has 2 saturated heterocycles. The quantitative estimate of drug-likeness (QED) is 0.325. The van der Waals surface area contributed by atoms with Crippen LogP contribution in [0, 0.1) is 11.8 Å². The fraction of sp³-hybridized carbons (Fsp3) is 0.581. The molecule has 2 aromatic rings. The minimum absolute atomic E-state index is 0.0641. The molecular weight excluding hydrogens is 448 g/mol. The number of likely N-dealkylation sites (tertiary alicyclic amines) is 2. The Hall–Kier alpha value is -2.37. The molecule has 4 atom stereocenters. The van der Waals surface area contributed by atoms with Crippen molar-refractivity contribution in [2.45, 2.75) is 63.5 Å². The van der Waals surface area contributed by atoms with E-state index in [1.165, 1.54) is 6.42 Å². The third kappa shape index (κ3) is 4.92. The lowest BCUT2D eigenvalue weighted by Crippen LogP contribution is -2.55. The van der Waals surface area contributed by atoms with E-state index in [0.717, 1.165) is 76.1 Å². The van der Waals surface area contributed by atoms with Crippen molar-refractivity contribution in [1.82, 2.24) is 9.80 Å². The molecule has 3 aliphatic rings. The zero-order chi connectivity index (χ0) is 25.0. The Morgan fingerprint density at radius 2 is 1.69 bits per heavy atom. The Morgan fingerprint density at radius 1 is 1.00 bits per heavy atom. The van der Waals surface area contributed by atoms with E-state index in [4.69, 9.17) is 9.47 Å². The summed E-state index contributed by atoms with van der Waals surface area (Å²) >= 11 is 0. The SMILES string of the molecule is CCC1C2CCN(CCCOc3ccccc3)CC12OC(=O)C(C)(c1ccccc1)N1CCCCC1. The van der Waals surface area contributed by atoms with Gasteiger partial charge in [-0.15, -0.1) is 0 Å². The summed E-state index contributed by atoms with van der Waals surface area (Å²) in [5.41, 5.74) is -0.0339. The van der Waals surface area contributed by atoms with Crippen LogP contribution in [0.4, 0.5) is 0 Å². The summed E-state index contributed by atoms with van der Waals surface area (Å²) in [7, 11) is 0. The van der Waals surface area contributed by atoms with E-state index < -0.39 is 5.54 Å². The summed E-state index contributed by atoms with van der Waals surface area (Å²) in [4.78, 5) is 19.0. The van der Waals surface area contributed by atoms with Gasteiger partial charge < -0.3 is 9.47 Å². The highest BCUT2D eigenvalue weighted by molar-refractivity contribution is 5.83. The average molecular weight is 491 g/mol. The van der Waals surface area contributed by atoms with Crippen LogP contribution in [-0.2, 0) is 15.1 Å². The van der Waals surface area contributed by atoms with Gasteiger partial charge in [0, 0.05) is 24.9 Å². The van der Waals surface area contributed by atoms with Gasteiger partial charge in [-0.25, -0.2) is 4.79 Å². The highest BCUT2D eigenvalue weighted by Gasteiger charge is 2.69. The lowest BCUT2D eigenvalue weighted by atomic mass is 9.88. The van der Waals surface area contributed by atoms with Crippen LogP contribution in [0.25, 0.3) is 0 Å². The van der Waals surface area contributed by atoms with E-state index in [1.807, 2.05) is 48.5 Å². The van der Waals surface area contributed by atoms with E-state index in [1.54, 1.807) is 0 Å². The molecule has 0 bridgehead atoms. The van der Waals surface area contributed by atoms with Crippen LogP contribution in [0.3, 0.4) is 0 Å². The lowest BCUT2D eigenvalue weighted by molar-refractivity contribution is -0.171. The van der Waals surface area contributed by atoms with Crippen LogP contribution in [0.15, 0.2) is 60.7 Å². The molecule has 0 spiro atoms. The highest BCUT2D eigenvalue weighted by Crippen LogP contribution is 2.60. The third-order valence-electron chi connectivity index (χ3n) is 8.93. The molecule has 5 heteroatoms. The van der Waals surface area contributed by atoms with Gasteiger partial charge >= 0.3 is 5.97 Å². The van der Waals surface area contributed by atoms with Crippen LogP contribution in [0.2, 0.25) is 0 Å². The van der Waals surface area contributed by atoms with Gasteiger partial charge in [0.15, 0.2) is 0 Å². The van der Waals surface area contributed by atoms with Gasteiger partial charge in [0.1, 0.15) is 16.9 Å². The molecule has 0 N–H and O–H groups in total. The van der Waals surface area contributed by atoms with Gasteiger partial charge in [0.2, 0.25) is 0 Å². The number of rotatable bonds is 10. The van der Waals surface area contributed by atoms with Gasteiger partial charge in [-0.05, 0) is 76.4 Å². The molecular formula is C31H42N2O3. The van der Waals surface area contributed by atoms with Gasteiger partial charge in [-0.3, -0.25) is 9.80 Å². The fourth-order valence-corrected chi connectivity index (χ4v) is 6.81. The number of hydrogen-bond donors (Lipinski definition) is 0. The molecule has 1 saturated carbocycles. The number of esters is 1. The number of piperidine rings is 2. The lowest BCUT2D eigenvalue weighted by Gasteiger charge is -2.43. The molecule has 1 aliphatic carbocycles. The minimum Gasteiger partial charge on any atom is -0.494 e. The van der Waals surface area contributed by atoms with Crippen molar-refractivity contribution >= 4 is 5.97 Å². The summed E-state index contributed by atoms with van der Waals surface area (Å²) in [5, 5.41) is 0. The van der Waals surface area contributed by atoms with Gasteiger partial charge in [-0.2, -0.15) is 0 Å². The van der Waals surface area contributed by atoms with Crippen LogP contribution in [0.5, 0.6) is 5.75 Å². The molecule has 0 aromatic heterocycles. The third-order valence-corrected chi connectivity index (χ3v) is 8.93. The summed E-state index contributed by atoms with van der Waals surface area (Å²) in [6.07, 6.45) is 6.66. The van der Waals surface area contributed by atoms with E-state index >= 15 is 0 Å². The summed E-state index contributed by atoms with van der Waals surface area (Å²) in [6.45, 7) is 9.83. The van der Waals surface area contributed by atoms with Crippen molar-refractivity contribution in [2.24, 2.45) is 11.8 Å². The van der Waals surface area contributed by atoms with Crippen LogP contribution >= 0.6 is 0 Å². The van der Waals surface area contributed by atoms with Crippen LogP contribution in [-0.4, -0.2) is 60.7 Å². The van der Waals surface area contributed by atoms with Crippen molar-refractivity contribution < 1.29 is 14.3 Å². The Labute approximate surface area is 216 Å².